The Morgan fingerprint density at radius 1 is 1.28 bits per heavy atom. The number of halogens is 1. The zero-order valence-corrected chi connectivity index (χ0v) is 13.4. The number of benzene rings is 1. The van der Waals surface area contributed by atoms with Gasteiger partial charge in [0.05, 0.1) is 7.11 Å². The molecule has 0 fully saturated rings. The lowest BCUT2D eigenvalue weighted by atomic mass is 9.97. The van der Waals surface area contributed by atoms with Crippen molar-refractivity contribution in [2.24, 2.45) is 5.92 Å². The van der Waals surface area contributed by atoms with Crippen molar-refractivity contribution >= 4 is 15.9 Å². The SMILES string of the molecule is CCNC(CCC(C)C)c1ccc(OC)cc1Br. The Hall–Kier alpha value is -0.540. The second kappa shape index (κ2) is 7.80. The maximum absolute atomic E-state index is 5.24. The average Bonchev–Trinajstić information content (AvgIpc) is 2.34. The predicted octanol–water partition coefficient (Wildman–Crippen LogP) is 4.54. The van der Waals surface area contributed by atoms with Crippen LogP contribution >= 0.6 is 15.9 Å². The minimum Gasteiger partial charge on any atom is -0.497 e. The third kappa shape index (κ3) is 4.62. The van der Waals surface area contributed by atoms with Crippen LogP contribution in [0.1, 0.15) is 45.2 Å². The number of hydrogen-bond donors (Lipinski definition) is 1. The summed E-state index contributed by atoms with van der Waals surface area (Å²) >= 11 is 3.65. The fraction of sp³-hybridized carbons (Fsp3) is 0.600. The van der Waals surface area contributed by atoms with Gasteiger partial charge in [-0.05, 0) is 43.0 Å². The molecule has 0 aliphatic rings. The van der Waals surface area contributed by atoms with Gasteiger partial charge in [0.15, 0.2) is 0 Å². The highest BCUT2D eigenvalue weighted by Gasteiger charge is 2.14. The van der Waals surface area contributed by atoms with E-state index >= 15 is 0 Å². The number of hydrogen-bond acceptors (Lipinski definition) is 2. The molecule has 0 aromatic heterocycles. The van der Waals surface area contributed by atoms with Crippen LogP contribution in [-0.2, 0) is 0 Å². The van der Waals surface area contributed by atoms with E-state index in [0.29, 0.717) is 6.04 Å². The second-order valence-corrected chi connectivity index (χ2v) is 5.82. The standard InChI is InChI=1S/C15H24BrNO/c1-5-17-15(9-6-11(2)3)13-8-7-12(18-4)10-14(13)16/h7-8,10-11,15,17H,5-6,9H2,1-4H3. The molecule has 1 aromatic carbocycles. The average molecular weight is 314 g/mol. The molecule has 0 amide bonds. The zero-order chi connectivity index (χ0) is 13.5. The molecule has 18 heavy (non-hydrogen) atoms. The first kappa shape index (κ1) is 15.5. The van der Waals surface area contributed by atoms with Crippen LogP contribution < -0.4 is 10.1 Å². The summed E-state index contributed by atoms with van der Waals surface area (Å²) in [5.74, 6) is 1.63. The van der Waals surface area contributed by atoms with E-state index in [-0.39, 0.29) is 0 Å². The van der Waals surface area contributed by atoms with Crippen LogP contribution in [0, 0.1) is 5.92 Å². The van der Waals surface area contributed by atoms with Crippen molar-refractivity contribution in [1.82, 2.24) is 5.32 Å². The summed E-state index contributed by atoms with van der Waals surface area (Å²) in [6, 6.07) is 6.63. The molecule has 3 heteroatoms. The van der Waals surface area contributed by atoms with E-state index in [1.807, 2.05) is 12.1 Å². The molecule has 0 saturated carbocycles. The van der Waals surface area contributed by atoms with E-state index < -0.39 is 0 Å². The highest BCUT2D eigenvalue weighted by atomic mass is 79.9. The number of ether oxygens (including phenoxy) is 1. The molecule has 0 aliphatic carbocycles. The van der Waals surface area contributed by atoms with E-state index in [1.54, 1.807) is 7.11 Å². The molecule has 1 atom stereocenters. The molecule has 1 rings (SSSR count). The van der Waals surface area contributed by atoms with Crippen molar-refractivity contribution in [3.8, 4) is 5.75 Å². The summed E-state index contributed by atoms with van der Waals surface area (Å²) < 4.78 is 6.36. The topological polar surface area (TPSA) is 21.3 Å². The quantitative estimate of drug-likeness (QED) is 0.797. The van der Waals surface area contributed by atoms with E-state index in [2.05, 4.69) is 48.1 Å². The van der Waals surface area contributed by atoms with Gasteiger partial charge in [-0.3, -0.25) is 0 Å². The highest BCUT2D eigenvalue weighted by molar-refractivity contribution is 9.10. The largest absolute Gasteiger partial charge is 0.497 e. The zero-order valence-electron chi connectivity index (χ0n) is 11.8. The molecule has 0 saturated heterocycles. The maximum atomic E-state index is 5.24. The number of nitrogens with one attached hydrogen (secondary N) is 1. The van der Waals surface area contributed by atoms with Gasteiger partial charge in [0.25, 0.3) is 0 Å². The van der Waals surface area contributed by atoms with Gasteiger partial charge in [0.1, 0.15) is 5.75 Å². The van der Waals surface area contributed by atoms with Crippen molar-refractivity contribution < 1.29 is 4.74 Å². The molecule has 0 spiro atoms. The monoisotopic (exact) mass is 313 g/mol. The van der Waals surface area contributed by atoms with E-state index in [0.717, 1.165) is 29.1 Å². The summed E-state index contributed by atoms with van der Waals surface area (Å²) in [5, 5.41) is 3.56. The molecule has 0 radical (unpaired) electrons. The third-order valence-electron chi connectivity index (χ3n) is 3.07. The highest BCUT2D eigenvalue weighted by Crippen LogP contribution is 2.30. The van der Waals surface area contributed by atoms with Gasteiger partial charge in [-0.2, -0.15) is 0 Å². The Morgan fingerprint density at radius 2 is 2.00 bits per heavy atom. The van der Waals surface area contributed by atoms with Crippen LogP contribution in [0.2, 0.25) is 0 Å². The van der Waals surface area contributed by atoms with E-state index in [4.69, 9.17) is 4.74 Å². The fourth-order valence-electron chi connectivity index (χ4n) is 2.03. The molecular formula is C15H24BrNO. The first-order valence-electron chi connectivity index (χ1n) is 6.65. The number of methoxy groups -OCH3 is 1. The Balaban J connectivity index is 2.84. The molecular weight excluding hydrogens is 290 g/mol. The van der Waals surface area contributed by atoms with Crippen molar-refractivity contribution in [3.63, 3.8) is 0 Å². The molecule has 1 N–H and O–H groups in total. The van der Waals surface area contributed by atoms with Crippen LogP contribution in [0.15, 0.2) is 22.7 Å². The van der Waals surface area contributed by atoms with E-state index in [9.17, 15) is 0 Å². The first-order valence-corrected chi connectivity index (χ1v) is 7.44. The minimum absolute atomic E-state index is 0.415. The first-order chi connectivity index (χ1) is 8.58. The molecule has 1 unspecified atom stereocenters. The van der Waals surface area contributed by atoms with Crippen molar-refractivity contribution in [3.05, 3.63) is 28.2 Å². The fourth-order valence-corrected chi connectivity index (χ4v) is 2.67. The molecule has 0 aliphatic heterocycles. The van der Waals surface area contributed by atoms with Crippen molar-refractivity contribution in [1.29, 1.82) is 0 Å². The van der Waals surface area contributed by atoms with Gasteiger partial charge in [0.2, 0.25) is 0 Å². The van der Waals surface area contributed by atoms with Gasteiger partial charge in [-0.1, -0.05) is 42.8 Å². The number of rotatable bonds is 7. The summed E-state index contributed by atoms with van der Waals surface area (Å²) in [5.41, 5.74) is 1.32. The van der Waals surface area contributed by atoms with Crippen LogP contribution in [0.25, 0.3) is 0 Å². The smallest absolute Gasteiger partial charge is 0.120 e. The summed E-state index contributed by atoms with van der Waals surface area (Å²) in [6.07, 6.45) is 2.40. The van der Waals surface area contributed by atoms with Gasteiger partial charge in [0, 0.05) is 10.5 Å². The molecule has 0 bridgehead atoms. The molecule has 0 heterocycles. The van der Waals surface area contributed by atoms with Gasteiger partial charge in [-0.15, -0.1) is 0 Å². The maximum Gasteiger partial charge on any atom is 0.120 e. The summed E-state index contributed by atoms with van der Waals surface area (Å²) in [4.78, 5) is 0. The van der Waals surface area contributed by atoms with Crippen molar-refractivity contribution in [2.75, 3.05) is 13.7 Å². The Labute approximate surface area is 119 Å². The Morgan fingerprint density at radius 3 is 2.50 bits per heavy atom. The Kier molecular flexibility index (Phi) is 6.72. The van der Waals surface area contributed by atoms with Crippen molar-refractivity contribution in [2.45, 2.75) is 39.7 Å². The summed E-state index contributed by atoms with van der Waals surface area (Å²) in [7, 11) is 1.70. The van der Waals surface area contributed by atoms with Crippen LogP contribution in [0.5, 0.6) is 5.75 Å². The summed E-state index contributed by atoms with van der Waals surface area (Å²) in [6.45, 7) is 7.68. The predicted molar refractivity (Wildman–Crippen MR) is 81.2 cm³/mol. The van der Waals surface area contributed by atoms with E-state index in [1.165, 1.54) is 12.0 Å². The second-order valence-electron chi connectivity index (χ2n) is 4.97. The lowest BCUT2D eigenvalue weighted by Crippen LogP contribution is -2.21. The van der Waals surface area contributed by atoms with Crippen LogP contribution in [0.3, 0.4) is 0 Å². The lowest BCUT2D eigenvalue weighted by Gasteiger charge is -2.21. The lowest BCUT2D eigenvalue weighted by molar-refractivity contribution is 0.412. The third-order valence-corrected chi connectivity index (χ3v) is 3.75. The van der Waals surface area contributed by atoms with Gasteiger partial charge in [-0.25, -0.2) is 0 Å². The Bertz CT molecular complexity index is 366. The normalized spacial score (nSPS) is 12.8. The van der Waals surface area contributed by atoms with Gasteiger partial charge < -0.3 is 10.1 Å². The van der Waals surface area contributed by atoms with Gasteiger partial charge >= 0.3 is 0 Å². The molecule has 1 aromatic rings. The molecule has 102 valence electrons. The van der Waals surface area contributed by atoms with Crippen LogP contribution in [0.4, 0.5) is 0 Å². The molecule has 2 nitrogen and oxygen atoms in total. The minimum atomic E-state index is 0.415. The van der Waals surface area contributed by atoms with Crippen LogP contribution in [-0.4, -0.2) is 13.7 Å².